The Hall–Kier alpha value is 0. The predicted molar refractivity (Wildman–Crippen MR) is 52.6 cm³/mol. The zero-order valence-electron chi connectivity index (χ0n) is 8.23. The van der Waals surface area contributed by atoms with E-state index in [1.54, 1.807) is 0 Å². The lowest BCUT2D eigenvalue weighted by molar-refractivity contribution is 0.588. The minimum Gasteiger partial charge on any atom is -0.332 e. The van der Waals surface area contributed by atoms with Gasteiger partial charge in [0.2, 0.25) is 0 Å². The van der Waals surface area contributed by atoms with E-state index in [-0.39, 0.29) is 0 Å². The molecule has 0 aromatic carbocycles. The topological polar surface area (TPSA) is 0 Å². The first kappa shape index (κ1) is 11.0. The van der Waals surface area contributed by atoms with Crippen molar-refractivity contribution in [1.82, 2.24) is 0 Å². The van der Waals surface area contributed by atoms with Crippen LogP contribution in [0.4, 0.5) is 0 Å². The molecule has 0 saturated carbocycles. The highest BCUT2D eigenvalue weighted by molar-refractivity contribution is 4.55. The van der Waals surface area contributed by atoms with E-state index in [1.807, 2.05) is 0 Å². The normalized spacial score (nSPS) is 10.4. The molecule has 0 saturated heterocycles. The standard InChI is InChI=1S/C11H23/c1-3-5-7-9-11-10-8-6-4-2/h3H,4-11H2,1-2H3/q-1. The van der Waals surface area contributed by atoms with E-state index in [0.717, 1.165) is 0 Å². The van der Waals surface area contributed by atoms with E-state index in [9.17, 15) is 0 Å². The van der Waals surface area contributed by atoms with Crippen LogP contribution in [0.2, 0.25) is 0 Å². The monoisotopic (exact) mass is 155 g/mol. The molecule has 0 aromatic heterocycles. The average molecular weight is 155 g/mol. The molecule has 0 nitrogen and oxygen atoms in total. The van der Waals surface area contributed by atoms with Crippen molar-refractivity contribution >= 4 is 0 Å². The van der Waals surface area contributed by atoms with Gasteiger partial charge in [-0.05, 0) is 0 Å². The fourth-order valence-electron chi connectivity index (χ4n) is 1.31. The lowest BCUT2D eigenvalue weighted by Crippen LogP contribution is -1.79. The molecular formula is C11H23-. The van der Waals surface area contributed by atoms with Crippen LogP contribution in [-0.4, -0.2) is 0 Å². The molecule has 0 atom stereocenters. The summed E-state index contributed by atoms with van der Waals surface area (Å²) in [5.41, 5.74) is 0. The second-order valence-corrected chi connectivity index (χ2v) is 3.32. The maximum absolute atomic E-state index is 2.27. The maximum atomic E-state index is 2.27. The molecule has 0 N–H and O–H groups in total. The summed E-state index contributed by atoms with van der Waals surface area (Å²) in [5.74, 6) is 0. The number of hydrogen-bond acceptors (Lipinski definition) is 0. The van der Waals surface area contributed by atoms with Gasteiger partial charge in [0.05, 0.1) is 0 Å². The summed E-state index contributed by atoms with van der Waals surface area (Å²) in [4.78, 5) is 0. The summed E-state index contributed by atoms with van der Waals surface area (Å²) < 4.78 is 0. The second-order valence-electron chi connectivity index (χ2n) is 3.32. The molecule has 0 aliphatic rings. The van der Waals surface area contributed by atoms with Crippen LogP contribution >= 0.6 is 0 Å². The van der Waals surface area contributed by atoms with Gasteiger partial charge in [0.1, 0.15) is 0 Å². The molecule has 0 aromatic rings. The molecule has 0 bridgehead atoms. The van der Waals surface area contributed by atoms with Gasteiger partial charge >= 0.3 is 0 Å². The molecule has 0 rings (SSSR count). The van der Waals surface area contributed by atoms with Crippen molar-refractivity contribution < 1.29 is 0 Å². The Balaban J connectivity index is 2.69. The van der Waals surface area contributed by atoms with Crippen molar-refractivity contribution in [3.63, 3.8) is 0 Å². The van der Waals surface area contributed by atoms with Crippen LogP contribution in [0.15, 0.2) is 0 Å². The van der Waals surface area contributed by atoms with Gasteiger partial charge in [-0.25, -0.2) is 0 Å². The summed E-state index contributed by atoms with van der Waals surface area (Å²) in [6.07, 6.45) is 13.6. The average Bonchev–Trinajstić information content (AvgIpc) is 2.03. The van der Waals surface area contributed by atoms with E-state index >= 15 is 0 Å². The zero-order valence-corrected chi connectivity index (χ0v) is 8.23. The van der Waals surface area contributed by atoms with Gasteiger partial charge in [-0.2, -0.15) is 13.3 Å². The Morgan fingerprint density at radius 1 is 0.818 bits per heavy atom. The molecule has 11 heavy (non-hydrogen) atoms. The third-order valence-electron chi connectivity index (χ3n) is 2.10. The lowest BCUT2D eigenvalue weighted by atomic mass is 10.1. The first-order valence-electron chi connectivity index (χ1n) is 5.19. The Bertz CT molecular complexity index is 49.1. The summed E-state index contributed by atoms with van der Waals surface area (Å²) in [7, 11) is 0. The molecule has 0 fully saturated rings. The molecule has 0 radical (unpaired) electrons. The van der Waals surface area contributed by atoms with Crippen molar-refractivity contribution in [2.75, 3.05) is 0 Å². The first-order valence-corrected chi connectivity index (χ1v) is 5.19. The van der Waals surface area contributed by atoms with Crippen molar-refractivity contribution in [2.45, 2.75) is 65.2 Å². The van der Waals surface area contributed by atoms with Gasteiger partial charge in [0, 0.05) is 0 Å². The van der Waals surface area contributed by atoms with Crippen molar-refractivity contribution in [2.24, 2.45) is 0 Å². The van der Waals surface area contributed by atoms with Crippen LogP contribution in [0.3, 0.4) is 0 Å². The zero-order chi connectivity index (χ0) is 8.36. The SMILES string of the molecule is C[CH-]CCCCCCCCC. The molecule has 0 aliphatic carbocycles. The summed E-state index contributed by atoms with van der Waals surface area (Å²) in [6, 6.07) is 0. The molecular weight excluding hydrogens is 132 g/mol. The van der Waals surface area contributed by atoms with Crippen LogP contribution < -0.4 is 0 Å². The van der Waals surface area contributed by atoms with Gasteiger partial charge in [-0.15, -0.1) is 0 Å². The van der Waals surface area contributed by atoms with Crippen LogP contribution in [0, 0.1) is 6.42 Å². The molecule has 0 aliphatic heterocycles. The molecule has 0 amide bonds. The second kappa shape index (κ2) is 10.0. The van der Waals surface area contributed by atoms with Gasteiger partial charge in [0.25, 0.3) is 0 Å². The van der Waals surface area contributed by atoms with Gasteiger partial charge in [0.15, 0.2) is 0 Å². The summed E-state index contributed by atoms with van der Waals surface area (Å²) in [5, 5.41) is 0. The minimum atomic E-state index is 1.31. The highest BCUT2D eigenvalue weighted by Crippen LogP contribution is 2.08. The summed E-state index contributed by atoms with van der Waals surface area (Å²) in [6.45, 7) is 4.42. The Morgan fingerprint density at radius 2 is 1.36 bits per heavy atom. The minimum absolute atomic E-state index is 1.31. The van der Waals surface area contributed by atoms with Crippen LogP contribution in [-0.2, 0) is 0 Å². The van der Waals surface area contributed by atoms with E-state index < -0.39 is 0 Å². The molecule has 0 spiro atoms. The largest absolute Gasteiger partial charge is 0.332 e. The first-order chi connectivity index (χ1) is 5.41. The number of hydrogen-bond donors (Lipinski definition) is 0. The Morgan fingerprint density at radius 3 is 1.91 bits per heavy atom. The molecule has 0 heteroatoms. The van der Waals surface area contributed by atoms with Crippen LogP contribution in [0.1, 0.15) is 65.2 Å². The smallest absolute Gasteiger partial charge is 0.0533 e. The lowest BCUT2D eigenvalue weighted by Gasteiger charge is -2.03. The number of unbranched alkanes of at least 4 members (excludes halogenated alkanes) is 8. The third kappa shape index (κ3) is 10.0. The van der Waals surface area contributed by atoms with Crippen LogP contribution in [0.25, 0.3) is 0 Å². The molecule has 68 valence electrons. The van der Waals surface area contributed by atoms with Crippen LogP contribution in [0.5, 0.6) is 0 Å². The Kier molecular flexibility index (Phi) is 10.0. The fraction of sp³-hybridized carbons (Fsp3) is 0.909. The van der Waals surface area contributed by atoms with Crippen molar-refractivity contribution in [1.29, 1.82) is 0 Å². The molecule has 0 heterocycles. The van der Waals surface area contributed by atoms with E-state index in [2.05, 4.69) is 20.3 Å². The quantitative estimate of drug-likeness (QED) is 0.361. The van der Waals surface area contributed by atoms with E-state index in [1.165, 1.54) is 51.4 Å². The summed E-state index contributed by atoms with van der Waals surface area (Å²) >= 11 is 0. The van der Waals surface area contributed by atoms with Crippen molar-refractivity contribution in [3.8, 4) is 0 Å². The number of rotatable bonds is 8. The Labute approximate surface area is 72.4 Å². The van der Waals surface area contributed by atoms with E-state index in [4.69, 9.17) is 0 Å². The molecule has 0 unspecified atom stereocenters. The highest BCUT2D eigenvalue weighted by Gasteiger charge is 1.87. The highest BCUT2D eigenvalue weighted by atomic mass is 13.9. The van der Waals surface area contributed by atoms with Gasteiger partial charge in [-0.3, -0.25) is 0 Å². The predicted octanol–water partition coefficient (Wildman–Crippen LogP) is 4.35. The third-order valence-corrected chi connectivity index (χ3v) is 2.10. The van der Waals surface area contributed by atoms with Gasteiger partial charge in [-0.1, -0.05) is 51.9 Å². The van der Waals surface area contributed by atoms with Gasteiger partial charge < -0.3 is 6.42 Å². The van der Waals surface area contributed by atoms with Crippen molar-refractivity contribution in [3.05, 3.63) is 6.42 Å². The van der Waals surface area contributed by atoms with E-state index in [0.29, 0.717) is 0 Å². The fourth-order valence-corrected chi connectivity index (χ4v) is 1.31. The maximum Gasteiger partial charge on any atom is -0.0533 e.